The van der Waals surface area contributed by atoms with Gasteiger partial charge in [-0.25, -0.2) is 4.68 Å². The number of nitrogens with two attached hydrogens (primary N) is 1. The van der Waals surface area contributed by atoms with E-state index in [0.29, 0.717) is 11.2 Å². The van der Waals surface area contributed by atoms with Gasteiger partial charge in [0.1, 0.15) is 0 Å². The van der Waals surface area contributed by atoms with E-state index in [-0.39, 0.29) is 0 Å². The molecule has 1 aromatic rings. The summed E-state index contributed by atoms with van der Waals surface area (Å²) in [6.45, 7) is 3.15. The van der Waals surface area contributed by atoms with Gasteiger partial charge in [0, 0.05) is 6.54 Å². The average Bonchev–Trinajstić information content (AvgIpc) is 2.75. The Kier molecular flexibility index (Phi) is 2.83. The van der Waals surface area contributed by atoms with Gasteiger partial charge in [0.2, 0.25) is 0 Å². The van der Waals surface area contributed by atoms with Crippen molar-refractivity contribution in [3.63, 3.8) is 0 Å². The molecule has 5 rings (SSSR count). The van der Waals surface area contributed by atoms with Gasteiger partial charge in [-0.05, 0) is 74.5 Å². The third kappa shape index (κ3) is 1.95. The molecule has 110 valence electrons. The second kappa shape index (κ2) is 4.47. The van der Waals surface area contributed by atoms with Crippen molar-refractivity contribution in [3.8, 4) is 0 Å². The molecule has 1 aromatic heterocycles. The zero-order chi connectivity index (χ0) is 13.7. The van der Waals surface area contributed by atoms with Crippen molar-refractivity contribution in [2.45, 2.75) is 64.8 Å². The topological polar surface area (TPSA) is 56.7 Å². The first-order valence-electron chi connectivity index (χ1n) is 8.35. The van der Waals surface area contributed by atoms with E-state index in [9.17, 15) is 0 Å². The van der Waals surface area contributed by atoms with Crippen molar-refractivity contribution in [1.82, 2.24) is 15.0 Å². The Labute approximate surface area is 121 Å². The smallest absolute Gasteiger partial charge is 0.169 e. The Morgan fingerprint density at radius 2 is 1.75 bits per heavy atom. The van der Waals surface area contributed by atoms with E-state index in [2.05, 4.69) is 21.9 Å². The molecule has 4 aliphatic carbocycles. The lowest BCUT2D eigenvalue weighted by Crippen LogP contribution is -2.46. The minimum atomic E-state index is 0.623. The van der Waals surface area contributed by atoms with E-state index in [1.807, 2.05) is 0 Å². The number of hydrogen-bond donors (Lipinski definition) is 1. The summed E-state index contributed by atoms with van der Waals surface area (Å²) in [5, 5.41) is 8.29. The third-order valence-corrected chi connectivity index (χ3v) is 6.22. The zero-order valence-corrected chi connectivity index (χ0v) is 12.5. The first kappa shape index (κ1) is 12.7. The predicted octanol–water partition coefficient (Wildman–Crippen LogP) is 3.03. The summed E-state index contributed by atoms with van der Waals surface area (Å²) in [4.78, 5) is 0. The van der Waals surface area contributed by atoms with Crippen molar-refractivity contribution < 1.29 is 0 Å². The molecule has 4 bridgehead atoms. The molecule has 4 fully saturated rings. The zero-order valence-electron chi connectivity index (χ0n) is 12.5. The average molecular weight is 274 g/mol. The molecule has 4 nitrogen and oxygen atoms in total. The number of nitrogen functional groups attached to an aromatic ring is 1. The van der Waals surface area contributed by atoms with Crippen LogP contribution < -0.4 is 5.73 Å². The molecule has 1 heterocycles. The van der Waals surface area contributed by atoms with Crippen molar-refractivity contribution in [2.75, 3.05) is 5.73 Å². The molecular weight excluding hydrogens is 248 g/mol. The molecule has 0 unspecified atom stereocenters. The van der Waals surface area contributed by atoms with Crippen LogP contribution in [0.3, 0.4) is 0 Å². The van der Waals surface area contributed by atoms with Gasteiger partial charge in [0.15, 0.2) is 5.82 Å². The van der Waals surface area contributed by atoms with Crippen LogP contribution in [-0.2, 0) is 13.0 Å². The Balaban J connectivity index is 1.49. The molecule has 4 heteroatoms. The highest BCUT2D eigenvalue weighted by atomic mass is 15.4. The summed E-state index contributed by atoms with van der Waals surface area (Å²) in [5.74, 6) is 3.73. The highest BCUT2D eigenvalue weighted by molar-refractivity contribution is 5.32. The van der Waals surface area contributed by atoms with Crippen LogP contribution in [0.4, 0.5) is 5.82 Å². The third-order valence-electron chi connectivity index (χ3n) is 6.22. The van der Waals surface area contributed by atoms with Gasteiger partial charge >= 0.3 is 0 Å². The highest BCUT2D eigenvalue weighted by Crippen LogP contribution is 2.61. The van der Waals surface area contributed by atoms with Gasteiger partial charge in [-0.15, -0.1) is 5.10 Å². The summed E-state index contributed by atoms with van der Waals surface area (Å²) in [5.41, 5.74) is 7.64. The molecule has 4 aliphatic rings. The Bertz CT molecular complexity index is 469. The minimum Gasteiger partial charge on any atom is -0.381 e. The molecule has 0 spiro atoms. The Hall–Kier alpha value is -1.06. The molecule has 20 heavy (non-hydrogen) atoms. The monoisotopic (exact) mass is 274 g/mol. The quantitative estimate of drug-likeness (QED) is 0.918. The van der Waals surface area contributed by atoms with E-state index >= 15 is 0 Å². The van der Waals surface area contributed by atoms with Gasteiger partial charge in [-0.3, -0.25) is 0 Å². The molecule has 0 radical (unpaired) electrons. The van der Waals surface area contributed by atoms with Crippen LogP contribution in [0.1, 0.15) is 57.6 Å². The van der Waals surface area contributed by atoms with Crippen molar-refractivity contribution in [2.24, 2.45) is 23.2 Å². The molecule has 0 aliphatic heterocycles. The van der Waals surface area contributed by atoms with Crippen LogP contribution in [0, 0.1) is 23.2 Å². The Morgan fingerprint density at radius 3 is 2.30 bits per heavy atom. The molecule has 2 N–H and O–H groups in total. The summed E-state index contributed by atoms with van der Waals surface area (Å²) >= 11 is 0. The SMILES string of the molecule is CCc1c(N)nnn1CCC12CC3CC(CC(C3)C1)C2. The maximum Gasteiger partial charge on any atom is 0.169 e. The van der Waals surface area contributed by atoms with Gasteiger partial charge < -0.3 is 5.73 Å². The molecule has 4 saturated carbocycles. The predicted molar refractivity (Wildman–Crippen MR) is 79.0 cm³/mol. The van der Waals surface area contributed by atoms with Crippen LogP contribution in [0.2, 0.25) is 0 Å². The van der Waals surface area contributed by atoms with Gasteiger partial charge in [0.25, 0.3) is 0 Å². The van der Waals surface area contributed by atoms with Crippen LogP contribution in [0.15, 0.2) is 0 Å². The fourth-order valence-corrected chi connectivity index (χ4v) is 5.83. The van der Waals surface area contributed by atoms with Gasteiger partial charge in [-0.2, -0.15) is 0 Å². The first-order chi connectivity index (χ1) is 9.67. The van der Waals surface area contributed by atoms with E-state index in [1.54, 1.807) is 0 Å². The van der Waals surface area contributed by atoms with Crippen LogP contribution >= 0.6 is 0 Å². The first-order valence-corrected chi connectivity index (χ1v) is 8.35. The maximum atomic E-state index is 5.89. The van der Waals surface area contributed by atoms with Crippen LogP contribution in [-0.4, -0.2) is 15.0 Å². The molecule has 0 amide bonds. The van der Waals surface area contributed by atoms with Crippen molar-refractivity contribution in [3.05, 3.63) is 5.69 Å². The van der Waals surface area contributed by atoms with Crippen LogP contribution in [0.25, 0.3) is 0 Å². The lowest BCUT2D eigenvalue weighted by atomic mass is 9.49. The molecule has 0 atom stereocenters. The van der Waals surface area contributed by atoms with Crippen molar-refractivity contribution in [1.29, 1.82) is 0 Å². The number of aromatic nitrogens is 3. The fourth-order valence-electron chi connectivity index (χ4n) is 5.83. The summed E-state index contributed by atoms with van der Waals surface area (Å²) in [6.07, 6.45) is 11.2. The normalized spacial score (nSPS) is 38.5. The number of aryl methyl sites for hydroxylation is 1. The lowest BCUT2D eigenvalue weighted by molar-refractivity contribution is -0.0597. The number of rotatable bonds is 4. The second-order valence-electron chi connectivity index (χ2n) is 7.67. The molecule has 0 saturated heterocycles. The number of nitrogens with zero attached hydrogens (tertiary/aromatic N) is 3. The van der Waals surface area contributed by atoms with E-state index in [4.69, 9.17) is 5.73 Å². The van der Waals surface area contributed by atoms with Gasteiger partial charge in [-0.1, -0.05) is 12.1 Å². The standard InChI is InChI=1S/C16H26N4/c1-2-14-15(17)18-19-20(14)4-3-16-8-11-5-12(9-16)7-13(6-11)10-16/h11-13H,2-10,17H2,1H3. The maximum absolute atomic E-state index is 5.89. The molecular formula is C16H26N4. The second-order valence-corrected chi connectivity index (χ2v) is 7.67. The summed E-state index contributed by atoms with van der Waals surface area (Å²) < 4.78 is 2.06. The summed E-state index contributed by atoms with van der Waals surface area (Å²) in [6, 6.07) is 0. The number of hydrogen-bond acceptors (Lipinski definition) is 3. The van der Waals surface area contributed by atoms with Gasteiger partial charge in [0.05, 0.1) is 5.69 Å². The van der Waals surface area contributed by atoms with Crippen molar-refractivity contribution >= 4 is 5.82 Å². The van der Waals surface area contributed by atoms with Crippen LogP contribution in [0.5, 0.6) is 0 Å². The van der Waals surface area contributed by atoms with E-state index < -0.39 is 0 Å². The highest BCUT2D eigenvalue weighted by Gasteiger charge is 2.50. The van der Waals surface area contributed by atoms with E-state index in [1.165, 1.54) is 44.9 Å². The Morgan fingerprint density at radius 1 is 1.15 bits per heavy atom. The lowest BCUT2D eigenvalue weighted by Gasteiger charge is -2.57. The molecule has 0 aromatic carbocycles. The number of anilines is 1. The fraction of sp³-hybridized carbons (Fsp3) is 0.875. The summed E-state index contributed by atoms with van der Waals surface area (Å²) in [7, 11) is 0. The minimum absolute atomic E-state index is 0.623. The van der Waals surface area contributed by atoms with E-state index in [0.717, 1.165) is 36.4 Å². The largest absolute Gasteiger partial charge is 0.381 e.